The van der Waals surface area contributed by atoms with Gasteiger partial charge in [-0.1, -0.05) is 48.0 Å². The molecule has 1 N–H and O–H groups in total. The van der Waals surface area contributed by atoms with E-state index in [0.717, 1.165) is 22.4 Å². The number of nitrogens with one attached hydrogen (secondary N) is 1. The monoisotopic (exact) mass is 347 g/mol. The van der Waals surface area contributed by atoms with Gasteiger partial charge in [0.2, 0.25) is 10.0 Å². The van der Waals surface area contributed by atoms with E-state index in [1.54, 1.807) is 0 Å². The third-order valence-corrected chi connectivity index (χ3v) is 5.16. The maximum atomic E-state index is 12.0. The Labute approximate surface area is 144 Å². The molecule has 130 valence electrons. The third kappa shape index (κ3) is 5.65. The van der Waals surface area contributed by atoms with E-state index in [2.05, 4.69) is 16.9 Å². The standard InChI is InChI=1S/C19H25NO3S/c1-15-13-16(2)19(17(3)14-15)23-11-10-20-24(21,22)12-9-18-7-5-4-6-8-18/h4-8,13-14,20H,9-12H2,1-3H3. The summed E-state index contributed by atoms with van der Waals surface area (Å²) < 4.78 is 32.4. The first-order valence-electron chi connectivity index (χ1n) is 8.09. The van der Waals surface area contributed by atoms with Crippen LogP contribution in [0.25, 0.3) is 0 Å². The lowest BCUT2D eigenvalue weighted by atomic mass is 10.1. The van der Waals surface area contributed by atoms with Gasteiger partial charge >= 0.3 is 0 Å². The van der Waals surface area contributed by atoms with Gasteiger partial charge in [0.1, 0.15) is 12.4 Å². The fourth-order valence-corrected chi connectivity index (χ4v) is 3.76. The lowest BCUT2D eigenvalue weighted by Crippen LogP contribution is -2.31. The molecule has 2 rings (SSSR count). The van der Waals surface area contributed by atoms with E-state index in [-0.39, 0.29) is 12.3 Å². The van der Waals surface area contributed by atoms with E-state index in [4.69, 9.17) is 4.74 Å². The van der Waals surface area contributed by atoms with Gasteiger partial charge in [0, 0.05) is 6.54 Å². The number of rotatable bonds is 8. The van der Waals surface area contributed by atoms with Gasteiger partial charge in [-0.15, -0.1) is 0 Å². The maximum Gasteiger partial charge on any atom is 0.212 e. The number of hydrogen-bond acceptors (Lipinski definition) is 3. The normalized spacial score (nSPS) is 11.5. The highest BCUT2D eigenvalue weighted by atomic mass is 32.2. The Hall–Kier alpha value is -1.85. The van der Waals surface area contributed by atoms with Gasteiger partial charge in [-0.05, 0) is 43.9 Å². The minimum atomic E-state index is -3.29. The average molecular weight is 347 g/mol. The number of sulfonamides is 1. The van der Waals surface area contributed by atoms with Crippen LogP contribution in [0.15, 0.2) is 42.5 Å². The average Bonchev–Trinajstić information content (AvgIpc) is 2.52. The summed E-state index contributed by atoms with van der Waals surface area (Å²) in [4.78, 5) is 0. The molecule has 4 nitrogen and oxygen atoms in total. The molecule has 0 saturated carbocycles. The highest BCUT2D eigenvalue weighted by Gasteiger charge is 2.10. The zero-order valence-corrected chi connectivity index (χ0v) is 15.3. The van der Waals surface area contributed by atoms with Crippen molar-refractivity contribution in [2.75, 3.05) is 18.9 Å². The van der Waals surface area contributed by atoms with E-state index >= 15 is 0 Å². The number of aryl methyl sites for hydroxylation is 4. The predicted octanol–water partition coefficient (Wildman–Crippen LogP) is 3.15. The number of ether oxygens (including phenoxy) is 1. The molecule has 0 aliphatic rings. The Bertz CT molecular complexity index is 747. The van der Waals surface area contributed by atoms with Crippen molar-refractivity contribution in [3.05, 3.63) is 64.7 Å². The Morgan fingerprint density at radius 3 is 2.25 bits per heavy atom. The fourth-order valence-electron chi connectivity index (χ4n) is 2.71. The molecular formula is C19H25NO3S. The van der Waals surface area contributed by atoms with Crippen molar-refractivity contribution in [1.29, 1.82) is 0 Å². The molecule has 0 amide bonds. The SMILES string of the molecule is Cc1cc(C)c(OCCNS(=O)(=O)CCc2ccccc2)c(C)c1. The largest absolute Gasteiger partial charge is 0.492 e. The summed E-state index contributed by atoms with van der Waals surface area (Å²) >= 11 is 0. The van der Waals surface area contributed by atoms with Crippen LogP contribution in [0.3, 0.4) is 0 Å². The molecule has 5 heteroatoms. The van der Waals surface area contributed by atoms with Crippen LogP contribution < -0.4 is 9.46 Å². The van der Waals surface area contributed by atoms with Gasteiger partial charge in [0.15, 0.2) is 0 Å². The van der Waals surface area contributed by atoms with Crippen molar-refractivity contribution in [3.63, 3.8) is 0 Å². The van der Waals surface area contributed by atoms with E-state index in [0.29, 0.717) is 13.0 Å². The quantitative estimate of drug-likeness (QED) is 0.746. The van der Waals surface area contributed by atoms with Gasteiger partial charge in [0.05, 0.1) is 5.75 Å². The second-order valence-corrected chi connectivity index (χ2v) is 7.95. The third-order valence-electron chi connectivity index (χ3n) is 3.78. The lowest BCUT2D eigenvalue weighted by Gasteiger charge is -2.13. The second kappa shape index (κ2) is 8.31. The van der Waals surface area contributed by atoms with Crippen LogP contribution in [0.1, 0.15) is 22.3 Å². The summed E-state index contributed by atoms with van der Waals surface area (Å²) in [5, 5.41) is 0. The predicted molar refractivity (Wildman–Crippen MR) is 98.1 cm³/mol. The van der Waals surface area contributed by atoms with E-state index in [1.807, 2.05) is 51.1 Å². The first-order chi connectivity index (χ1) is 11.4. The molecule has 0 spiro atoms. The number of hydrogen-bond donors (Lipinski definition) is 1. The van der Waals surface area contributed by atoms with Crippen LogP contribution in [0.5, 0.6) is 5.75 Å². The molecular weight excluding hydrogens is 322 g/mol. The zero-order chi connectivity index (χ0) is 17.6. The van der Waals surface area contributed by atoms with Crippen LogP contribution in [0, 0.1) is 20.8 Å². The molecule has 0 aromatic heterocycles. The lowest BCUT2D eigenvalue weighted by molar-refractivity contribution is 0.318. The summed E-state index contributed by atoms with van der Waals surface area (Å²) in [6, 6.07) is 13.7. The molecule has 2 aromatic carbocycles. The molecule has 24 heavy (non-hydrogen) atoms. The Balaban J connectivity index is 1.79. The Kier molecular flexibility index (Phi) is 6.40. The molecule has 2 aromatic rings. The van der Waals surface area contributed by atoms with E-state index < -0.39 is 10.0 Å². The minimum Gasteiger partial charge on any atom is -0.492 e. The van der Waals surface area contributed by atoms with Crippen molar-refractivity contribution < 1.29 is 13.2 Å². The van der Waals surface area contributed by atoms with E-state index in [9.17, 15) is 8.42 Å². The van der Waals surface area contributed by atoms with Crippen molar-refractivity contribution in [3.8, 4) is 5.75 Å². The van der Waals surface area contributed by atoms with Crippen LogP contribution in [-0.2, 0) is 16.4 Å². The molecule has 0 aliphatic heterocycles. The first kappa shape index (κ1) is 18.5. The summed E-state index contributed by atoms with van der Waals surface area (Å²) in [7, 11) is -3.29. The molecule has 0 radical (unpaired) electrons. The van der Waals surface area contributed by atoms with Crippen molar-refractivity contribution in [1.82, 2.24) is 4.72 Å². The topological polar surface area (TPSA) is 55.4 Å². The molecule has 0 heterocycles. The molecule has 0 fully saturated rings. The molecule has 0 atom stereocenters. The van der Waals surface area contributed by atoms with E-state index in [1.165, 1.54) is 5.56 Å². The smallest absolute Gasteiger partial charge is 0.212 e. The van der Waals surface area contributed by atoms with Crippen LogP contribution in [0.4, 0.5) is 0 Å². The van der Waals surface area contributed by atoms with Crippen molar-refractivity contribution >= 4 is 10.0 Å². The summed E-state index contributed by atoms with van der Waals surface area (Å²) in [5.74, 6) is 0.920. The van der Waals surface area contributed by atoms with Crippen molar-refractivity contribution in [2.45, 2.75) is 27.2 Å². The Morgan fingerprint density at radius 2 is 1.62 bits per heavy atom. The highest BCUT2D eigenvalue weighted by molar-refractivity contribution is 7.89. The fraction of sp³-hybridized carbons (Fsp3) is 0.368. The summed E-state index contributed by atoms with van der Waals surface area (Å²) in [5.41, 5.74) is 4.35. The zero-order valence-electron chi connectivity index (χ0n) is 14.5. The molecule has 0 aliphatic carbocycles. The highest BCUT2D eigenvalue weighted by Crippen LogP contribution is 2.24. The van der Waals surface area contributed by atoms with Crippen LogP contribution >= 0.6 is 0 Å². The molecule has 0 unspecified atom stereocenters. The van der Waals surface area contributed by atoms with Crippen molar-refractivity contribution in [2.24, 2.45) is 0 Å². The second-order valence-electron chi connectivity index (χ2n) is 6.03. The first-order valence-corrected chi connectivity index (χ1v) is 9.74. The van der Waals surface area contributed by atoms with Gasteiger partial charge in [-0.3, -0.25) is 0 Å². The van der Waals surface area contributed by atoms with Crippen LogP contribution in [0.2, 0.25) is 0 Å². The summed E-state index contributed by atoms with van der Waals surface area (Å²) in [6.07, 6.45) is 0.507. The van der Waals surface area contributed by atoms with Gasteiger partial charge in [-0.25, -0.2) is 13.1 Å². The van der Waals surface area contributed by atoms with Gasteiger partial charge in [0.25, 0.3) is 0 Å². The Morgan fingerprint density at radius 1 is 1.00 bits per heavy atom. The van der Waals surface area contributed by atoms with Gasteiger partial charge < -0.3 is 4.74 Å². The molecule has 0 bridgehead atoms. The van der Waals surface area contributed by atoms with Crippen LogP contribution in [-0.4, -0.2) is 27.3 Å². The van der Waals surface area contributed by atoms with Gasteiger partial charge in [-0.2, -0.15) is 0 Å². The summed E-state index contributed by atoms with van der Waals surface area (Å²) in [6.45, 7) is 6.63. The maximum absolute atomic E-state index is 12.0. The number of benzene rings is 2. The minimum absolute atomic E-state index is 0.0829. The molecule has 0 saturated heterocycles.